The second-order valence-electron chi connectivity index (χ2n) is 5.89. The molecule has 2 aliphatic carbocycles. The maximum Gasteiger partial charge on any atom is 0.225 e. The fourth-order valence-electron chi connectivity index (χ4n) is 2.35. The van der Waals surface area contributed by atoms with E-state index in [4.69, 9.17) is 4.74 Å². The van der Waals surface area contributed by atoms with Crippen molar-refractivity contribution < 1.29 is 4.74 Å². The summed E-state index contributed by atoms with van der Waals surface area (Å²) in [5, 5.41) is 3.31. The van der Waals surface area contributed by atoms with Crippen molar-refractivity contribution in [3.8, 4) is 0 Å². The third-order valence-electron chi connectivity index (χ3n) is 3.90. The van der Waals surface area contributed by atoms with Gasteiger partial charge in [0.2, 0.25) is 5.95 Å². The Balaban J connectivity index is 1.53. The van der Waals surface area contributed by atoms with Crippen LogP contribution in [0, 0.1) is 5.92 Å². The van der Waals surface area contributed by atoms with Crippen LogP contribution in [0.1, 0.15) is 31.2 Å². The van der Waals surface area contributed by atoms with E-state index in [1.165, 1.54) is 25.7 Å². The Hall–Kier alpha value is -1.20. The molecule has 3 rings (SSSR count). The maximum absolute atomic E-state index is 5.01. The third-order valence-corrected chi connectivity index (χ3v) is 3.90. The van der Waals surface area contributed by atoms with Crippen molar-refractivity contribution in [1.29, 1.82) is 0 Å². The molecule has 0 aliphatic heterocycles. The zero-order valence-corrected chi connectivity index (χ0v) is 12.2. The van der Waals surface area contributed by atoms with Crippen LogP contribution in [-0.2, 0) is 11.3 Å². The monoisotopic (exact) mass is 276 g/mol. The normalized spacial score (nSPS) is 18.2. The molecule has 0 atom stereocenters. The largest absolute Gasteiger partial charge is 0.383 e. The van der Waals surface area contributed by atoms with Crippen LogP contribution in [0.4, 0.5) is 5.95 Å². The summed E-state index contributed by atoms with van der Waals surface area (Å²) in [6, 6.07) is 0.696. The number of aromatic nitrogens is 2. The van der Waals surface area contributed by atoms with E-state index < -0.39 is 0 Å². The van der Waals surface area contributed by atoms with Gasteiger partial charge < -0.3 is 15.0 Å². The minimum atomic E-state index is 0.696. The van der Waals surface area contributed by atoms with Gasteiger partial charge in [-0.2, -0.15) is 0 Å². The van der Waals surface area contributed by atoms with Gasteiger partial charge >= 0.3 is 0 Å². The lowest BCUT2D eigenvalue weighted by Crippen LogP contribution is -2.30. The maximum atomic E-state index is 5.01. The van der Waals surface area contributed by atoms with Crippen molar-refractivity contribution in [2.45, 2.75) is 38.3 Å². The number of hydrogen-bond donors (Lipinski definition) is 1. The quantitative estimate of drug-likeness (QED) is 0.694. The summed E-state index contributed by atoms with van der Waals surface area (Å²) < 4.78 is 5.01. The van der Waals surface area contributed by atoms with E-state index in [0.29, 0.717) is 6.04 Å². The van der Waals surface area contributed by atoms with Gasteiger partial charge in [0.15, 0.2) is 0 Å². The number of methoxy groups -OCH3 is 1. The fraction of sp³-hybridized carbons (Fsp3) is 0.733. The molecule has 110 valence electrons. The number of rotatable bonds is 9. The predicted molar refractivity (Wildman–Crippen MR) is 78.7 cm³/mol. The van der Waals surface area contributed by atoms with Gasteiger partial charge in [-0.15, -0.1) is 0 Å². The Labute approximate surface area is 120 Å². The Morgan fingerprint density at radius 2 is 2.00 bits per heavy atom. The Morgan fingerprint density at radius 3 is 2.60 bits per heavy atom. The minimum absolute atomic E-state index is 0.696. The molecule has 0 saturated heterocycles. The van der Waals surface area contributed by atoms with Gasteiger partial charge in [-0.25, -0.2) is 9.97 Å². The van der Waals surface area contributed by atoms with E-state index in [-0.39, 0.29) is 0 Å². The molecule has 0 unspecified atom stereocenters. The summed E-state index contributed by atoms with van der Waals surface area (Å²) in [4.78, 5) is 11.5. The SMILES string of the molecule is COCCNCc1cnc(N(CC2CC2)C2CC2)nc1. The molecule has 20 heavy (non-hydrogen) atoms. The van der Waals surface area contributed by atoms with Crippen LogP contribution in [0.2, 0.25) is 0 Å². The van der Waals surface area contributed by atoms with Gasteiger partial charge in [0.25, 0.3) is 0 Å². The summed E-state index contributed by atoms with van der Waals surface area (Å²) in [5.74, 6) is 1.80. The first-order valence-electron chi connectivity index (χ1n) is 7.64. The van der Waals surface area contributed by atoms with Crippen LogP contribution in [0.3, 0.4) is 0 Å². The summed E-state index contributed by atoms with van der Waals surface area (Å²) in [6.45, 7) is 3.54. The topological polar surface area (TPSA) is 50.3 Å². The van der Waals surface area contributed by atoms with Crippen LogP contribution in [0.15, 0.2) is 12.4 Å². The lowest BCUT2D eigenvalue weighted by Gasteiger charge is -2.22. The lowest BCUT2D eigenvalue weighted by atomic mass is 10.3. The van der Waals surface area contributed by atoms with E-state index in [1.54, 1.807) is 7.11 Å². The zero-order chi connectivity index (χ0) is 13.8. The first-order valence-corrected chi connectivity index (χ1v) is 7.64. The lowest BCUT2D eigenvalue weighted by molar-refractivity contribution is 0.199. The number of ether oxygens (including phenoxy) is 1. The summed E-state index contributed by atoms with van der Waals surface area (Å²) >= 11 is 0. The average molecular weight is 276 g/mol. The Kier molecular flexibility index (Phi) is 4.47. The van der Waals surface area contributed by atoms with Gasteiger partial charge in [-0.05, 0) is 31.6 Å². The van der Waals surface area contributed by atoms with Crippen LogP contribution >= 0.6 is 0 Å². The molecule has 0 amide bonds. The molecule has 1 aromatic heterocycles. The highest BCUT2D eigenvalue weighted by atomic mass is 16.5. The highest BCUT2D eigenvalue weighted by Gasteiger charge is 2.35. The molecule has 5 nitrogen and oxygen atoms in total. The molecule has 1 N–H and O–H groups in total. The number of nitrogens with one attached hydrogen (secondary N) is 1. The molecule has 0 spiro atoms. The number of nitrogens with zero attached hydrogens (tertiary/aromatic N) is 3. The first kappa shape index (κ1) is 13.8. The molecule has 1 aromatic rings. The molecule has 2 aliphatic rings. The smallest absolute Gasteiger partial charge is 0.225 e. The molecule has 2 fully saturated rings. The highest BCUT2D eigenvalue weighted by Crippen LogP contribution is 2.36. The summed E-state index contributed by atoms with van der Waals surface area (Å²) in [6.07, 6.45) is 9.26. The highest BCUT2D eigenvalue weighted by molar-refractivity contribution is 5.34. The van der Waals surface area contributed by atoms with Crippen molar-refractivity contribution >= 4 is 5.95 Å². The van der Waals surface area contributed by atoms with Crippen LogP contribution in [0.5, 0.6) is 0 Å². The minimum Gasteiger partial charge on any atom is -0.383 e. The van der Waals surface area contributed by atoms with Gasteiger partial charge in [0.05, 0.1) is 6.61 Å². The van der Waals surface area contributed by atoms with Gasteiger partial charge in [0.1, 0.15) is 0 Å². The molecule has 1 heterocycles. The fourth-order valence-corrected chi connectivity index (χ4v) is 2.35. The van der Waals surface area contributed by atoms with E-state index in [9.17, 15) is 0 Å². The van der Waals surface area contributed by atoms with Gasteiger partial charge in [0, 0.05) is 50.7 Å². The second kappa shape index (κ2) is 6.50. The second-order valence-corrected chi connectivity index (χ2v) is 5.89. The summed E-state index contributed by atoms with van der Waals surface area (Å²) in [5.41, 5.74) is 1.13. The molecule has 0 aromatic carbocycles. The molecule has 5 heteroatoms. The standard InChI is InChI=1S/C15H24N4O/c1-20-7-6-16-8-13-9-17-15(18-10-13)19(14-4-5-14)11-12-2-3-12/h9-10,12,14,16H,2-8,11H2,1H3. The zero-order valence-electron chi connectivity index (χ0n) is 12.2. The van der Waals surface area contributed by atoms with Crippen LogP contribution in [0.25, 0.3) is 0 Å². The first-order chi connectivity index (χ1) is 9.86. The van der Waals surface area contributed by atoms with Gasteiger partial charge in [-0.1, -0.05) is 0 Å². The van der Waals surface area contributed by atoms with E-state index >= 15 is 0 Å². The molecular formula is C15H24N4O. The van der Waals surface area contributed by atoms with Crippen LogP contribution < -0.4 is 10.2 Å². The number of hydrogen-bond acceptors (Lipinski definition) is 5. The van der Waals surface area contributed by atoms with Crippen molar-refractivity contribution in [3.63, 3.8) is 0 Å². The Morgan fingerprint density at radius 1 is 1.25 bits per heavy atom. The van der Waals surface area contributed by atoms with Crippen molar-refractivity contribution in [2.75, 3.05) is 31.7 Å². The van der Waals surface area contributed by atoms with Crippen LogP contribution in [-0.4, -0.2) is 42.8 Å². The van der Waals surface area contributed by atoms with E-state index in [0.717, 1.165) is 43.7 Å². The predicted octanol–water partition coefficient (Wildman–Crippen LogP) is 1.59. The van der Waals surface area contributed by atoms with E-state index in [2.05, 4.69) is 20.2 Å². The Bertz CT molecular complexity index is 414. The average Bonchev–Trinajstić information content (AvgIpc) is 3.36. The third kappa shape index (κ3) is 3.90. The van der Waals surface area contributed by atoms with Crippen molar-refractivity contribution in [1.82, 2.24) is 15.3 Å². The van der Waals surface area contributed by atoms with Gasteiger partial charge in [-0.3, -0.25) is 0 Å². The van der Waals surface area contributed by atoms with Crippen molar-refractivity contribution in [2.24, 2.45) is 5.92 Å². The molecule has 0 radical (unpaired) electrons. The molecule has 0 bridgehead atoms. The molecule has 2 saturated carbocycles. The van der Waals surface area contributed by atoms with E-state index in [1.807, 2.05) is 12.4 Å². The number of anilines is 1. The summed E-state index contributed by atoms with van der Waals surface area (Å²) in [7, 11) is 1.71. The van der Waals surface area contributed by atoms with Crippen molar-refractivity contribution in [3.05, 3.63) is 18.0 Å². The molecular weight excluding hydrogens is 252 g/mol.